The van der Waals surface area contributed by atoms with Crippen LogP contribution in [0, 0.1) is 0 Å². The van der Waals surface area contributed by atoms with Crippen LogP contribution in [-0.4, -0.2) is 47.0 Å². The summed E-state index contributed by atoms with van der Waals surface area (Å²) in [4.78, 5) is 19.4. The molecule has 3 aromatic rings. The fraction of sp³-hybridized carbons (Fsp3) is 0.316. The molecule has 0 atom stereocenters. The minimum Gasteiger partial charge on any atom is -0.494 e. The zero-order valence-corrected chi connectivity index (χ0v) is 16.2. The number of aromatic nitrogens is 3. The van der Waals surface area contributed by atoms with Crippen molar-refractivity contribution in [2.75, 3.05) is 31.3 Å². The number of para-hydroxylation sites is 1. The van der Waals surface area contributed by atoms with Crippen molar-refractivity contribution in [3.63, 3.8) is 0 Å². The molecular weight excluding hydrogens is 380 g/mol. The van der Waals surface area contributed by atoms with Crippen molar-refractivity contribution in [3.8, 4) is 5.75 Å². The Bertz CT molecular complexity index is 983. The van der Waals surface area contributed by atoms with Gasteiger partial charge in [-0.25, -0.2) is 4.98 Å². The predicted octanol–water partition coefficient (Wildman–Crippen LogP) is 2.81. The number of carbonyl (C=O) groups excluding carboxylic acids is 1. The average Bonchev–Trinajstić information content (AvgIpc) is 3.39. The van der Waals surface area contributed by atoms with Crippen LogP contribution >= 0.6 is 11.3 Å². The Balaban J connectivity index is 1.67. The monoisotopic (exact) mass is 400 g/mol. The van der Waals surface area contributed by atoms with Gasteiger partial charge in [-0.3, -0.25) is 14.4 Å². The second-order valence-corrected chi connectivity index (χ2v) is 6.97. The van der Waals surface area contributed by atoms with E-state index in [9.17, 15) is 4.79 Å². The SMILES string of the molecule is CCOc1cccc2sc(N(CCn3cccn3)C(=O)C3=COCCO3)nc12. The molecule has 1 aliphatic rings. The lowest BCUT2D eigenvalue weighted by Crippen LogP contribution is -2.36. The van der Waals surface area contributed by atoms with Crippen LogP contribution in [0.2, 0.25) is 0 Å². The summed E-state index contributed by atoms with van der Waals surface area (Å²) in [5.74, 6) is 0.596. The van der Waals surface area contributed by atoms with Crippen LogP contribution in [0.1, 0.15) is 6.92 Å². The predicted molar refractivity (Wildman–Crippen MR) is 105 cm³/mol. The van der Waals surface area contributed by atoms with Crippen molar-refractivity contribution in [2.24, 2.45) is 0 Å². The van der Waals surface area contributed by atoms with Crippen molar-refractivity contribution in [3.05, 3.63) is 48.7 Å². The molecule has 0 bridgehead atoms. The van der Waals surface area contributed by atoms with Crippen LogP contribution in [0.3, 0.4) is 0 Å². The third-order valence-electron chi connectivity index (χ3n) is 4.12. The smallest absolute Gasteiger partial charge is 0.298 e. The van der Waals surface area contributed by atoms with Gasteiger partial charge in [0.1, 0.15) is 30.7 Å². The minimum absolute atomic E-state index is 0.177. The highest BCUT2D eigenvalue weighted by molar-refractivity contribution is 7.22. The van der Waals surface area contributed by atoms with E-state index in [2.05, 4.69) is 5.10 Å². The molecule has 0 spiro atoms. The number of hydrogen-bond acceptors (Lipinski definition) is 7. The molecule has 1 aliphatic heterocycles. The summed E-state index contributed by atoms with van der Waals surface area (Å²) in [6, 6.07) is 7.62. The number of amides is 1. The molecule has 28 heavy (non-hydrogen) atoms. The highest BCUT2D eigenvalue weighted by Crippen LogP contribution is 2.34. The lowest BCUT2D eigenvalue weighted by molar-refractivity contribution is -0.119. The van der Waals surface area contributed by atoms with E-state index in [0.29, 0.717) is 43.8 Å². The molecule has 2 aromatic heterocycles. The summed E-state index contributed by atoms with van der Waals surface area (Å²) in [6.45, 7) is 4.18. The van der Waals surface area contributed by atoms with Crippen LogP contribution in [0.15, 0.2) is 48.7 Å². The van der Waals surface area contributed by atoms with Gasteiger partial charge in [0.05, 0.1) is 17.9 Å². The Labute approximate surface area is 165 Å². The molecular formula is C19H20N4O4S. The first-order valence-electron chi connectivity index (χ1n) is 9.02. The standard InChI is InChI=1S/C19H20N4O4S/c1-2-26-14-5-3-6-16-17(14)21-19(28-16)23(10-9-22-8-4-7-20-22)18(24)15-13-25-11-12-27-15/h3-8,13H,2,9-12H2,1H3. The number of fused-ring (bicyclic) bond motifs is 1. The largest absolute Gasteiger partial charge is 0.494 e. The second-order valence-electron chi connectivity index (χ2n) is 5.96. The van der Waals surface area contributed by atoms with Gasteiger partial charge in [0.15, 0.2) is 5.13 Å². The number of rotatable bonds is 7. The summed E-state index contributed by atoms with van der Waals surface area (Å²) < 4.78 is 19.2. The van der Waals surface area contributed by atoms with E-state index < -0.39 is 0 Å². The van der Waals surface area contributed by atoms with Gasteiger partial charge in [0.2, 0.25) is 5.76 Å². The molecule has 3 heterocycles. The molecule has 9 heteroatoms. The molecule has 146 valence electrons. The molecule has 0 N–H and O–H groups in total. The normalized spacial score (nSPS) is 13.5. The average molecular weight is 400 g/mol. The first-order chi connectivity index (χ1) is 13.8. The van der Waals surface area contributed by atoms with Crippen molar-refractivity contribution >= 4 is 32.6 Å². The Morgan fingerprint density at radius 2 is 2.29 bits per heavy atom. The van der Waals surface area contributed by atoms with Crippen molar-refractivity contribution in [2.45, 2.75) is 13.5 Å². The number of hydrogen-bond donors (Lipinski definition) is 0. The third kappa shape index (κ3) is 3.79. The van der Waals surface area contributed by atoms with Gasteiger partial charge >= 0.3 is 0 Å². The number of ether oxygens (including phenoxy) is 3. The zero-order valence-electron chi connectivity index (χ0n) is 15.4. The summed E-state index contributed by atoms with van der Waals surface area (Å²) in [7, 11) is 0. The van der Waals surface area contributed by atoms with Gasteiger partial charge in [-0.15, -0.1) is 0 Å². The minimum atomic E-state index is -0.288. The number of carbonyl (C=O) groups is 1. The summed E-state index contributed by atoms with van der Waals surface area (Å²) in [5, 5.41) is 4.78. The Hall–Kier alpha value is -3.07. The first kappa shape index (κ1) is 18.3. The summed E-state index contributed by atoms with van der Waals surface area (Å²) in [5.41, 5.74) is 0.746. The second kappa shape index (κ2) is 8.30. The lowest BCUT2D eigenvalue weighted by Gasteiger charge is -2.23. The molecule has 4 rings (SSSR count). The summed E-state index contributed by atoms with van der Waals surface area (Å²) >= 11 is 1.44. The van der Waals surface area contributed by atoms with Crippen molar-refractivity contribution in [1.29, 1.82) is 0 Å². The quantitative estimate of drug-likeness (QED) is 0.607. The molecule has 1 amide bonds. The molecule has 1 aromatic carbocycles. The van der Waals surface area contributed by atoms with Crippen LogP contribution in [0.4, 0.5) is 5.13 Å². The number of nitrogens with zero attached hydrogens (tertiary/aromatic N) is 4. The maximum absolute atomic E-state index is 13.1. The van der Waals surface area contributed by atoms with Gasteiger partial charge < -0.3 is 14.2 Å². The number of thiazole rings is 1. The fourth-order valence-electron chi connectivity index (χ4n) is 2.83. The van der Waals surface area contributed by atoms with Gasteiger partial charge in [-0.2, -0.15) is 5.10 Å². The molecule has 0 fully saturated rings. The van der Waals surface area contributed by atoms with Crippen LogP contribution < -0.4 is 9.64 Å². The van der Waals surface area contributed by atoms with Gasteiger partial charge in [-0.05, 0) is 25.1 Å². The van der Waals surface area contributed by atoms with Gasteiger partial charge in [-0.1, -0.05) is 17.4 Å². The van der Waals surface area contributed by atoms with Crippen molar-refractivity contribution < 1.29 is 19.0 Å². The van der Waals surface area contributed by atoms with E-state index in [4.69, 9.17) is 19.2 Å². The van der Waals surface area contributed by atoms with E-state index in [1.165, 1.54) is 17.6 Å². The molecule has 0 saturated carbocycles. The van der Waals surface area contributed by atoms with E-state index in [0.717, 1.165) is 10.2 Å². The van der Waals surface area contributed by atoms with Gasteiger partial charge in [0.25, 0.3) is 5.91 Å². The highest BCUT2D eigenvalue weighted by atomic mass is 32.1. The third-order valence-corrected chi connectivity index (χ3v) is 5.16. The maximum atomic E-state index is 13.1. The van der Waals surface area contributed by atoms with E-state index >= 15 is 0 Å². The lowest BCUT2D eigenvalue weighted by atomic mass is 10.3. The Kier molecular flexibility index (Phi) is 5.43. The van der Waals surface area contributed by atoms with Crippen LogP contribution in [0.5, 0.6) is 5.75 Å². The Morgan fingerprint density at radius 1 is 1.36 bits per heavy atom. The number of benzene rings is 1. The molecule has 0 radical (unpaired) electrons. The zero-order chi connectivity index (χ0) is 19.3. The van der Waals surface area contributed by atoms with Crippen molar-refractivity contribution in [1.82, 2.24) is 14.8 Å². The molecule has 8 nitrogen and oxygen atoms in total. The van der Waals surface area contributed by atoms with E-state index in [1.54, 1.807) is 15.8 Å². The summed E-state index contributed by atoms with van der Waals surface area (Å²) in [6.07, 6.45) is 4.93. The fourth-order valence-corrected chi connectivity index (χ4v) is 3.84. The first-order valence-corrected chi connectivity index (χ1v) is 9.84. The maximum Gasteiger partial charge on any atom is 0.298 e. The molecule has 0 saturated heterocycles. The van der Waals surface area contributed by atoms with E-state index in [-0.39, 0.29) is 11.7 Å². The molecule has 0 aliphatic carbocycles. The van der Waals surface area contributed by atoms with Crippen LogP contribution in [-0.2, 0) is 20.8 Å². The van der Waals surface area contributed by atoms with Gasteiger partial charge in [0, 0.05) is 18.9 Å². The Morgan fingerprint density at radius 3 is 3.04 bits per heavy atom. The molecule has 0 unspecified atom stereocenters. The van der Waals surface area contributed by atoms with E-state index in [1.807, 2.05) is 37.4 Å². The van der Waals surface area contributed by atoms with Crippen LogP contribution in [0.25, 0.3) is 10.2 Å². The topological polar surface area (TPSA) is 78.7 Å². The number of anilines is 1. The highest BCUT2D eigenvalue weighted by Gasteiger charge is 2.26.